The normalized spacial score (nSPS) is 12.1. The van der Waals surface area contributed by atoms with Gasteiger partial charge in [0, 0.05) is 18.6 Å². The van der Waals surface area contributed by atoms with E-state index in [1.54, 1.807) is 18.6 Å². The van der Waals surface area contributed by atoms with Gasteiger partial charge in [0.2, 0.25) is 0 Å². The number of nitrogens with zero attached hydrogens (tertiary/aromatic N) is 2. The summed E-state index contributed by atoms with van der Waals surface area (Å²) in [5.41, 5.74) is 0.692. The Bertz CT molecular complexity index is 301. The van der Waals surface area contributed by atoms with Crippen LogP contribution in [0.15, 0.2) is 18.6 Å². The van der Waals surface area contributed by atoms with Gasteiger partial charge in [0.1, 0.15) is 5.92 Å². The van der Waals surface area contributed by atoms with Crippen molar-refractivity contribution in [2.45, 2.75) is 32.1 Å². The van der Waals surface area contributed by atoms with Crippen molar-refractivity contribution in [1.29, 1.82) is 0 Å². The number of ether oxygens (including phenoxy) is 1. The van der Waals surface area contributed by atoms with Gasteiger partial charge in [0.15, 0.2) is 0 Å². The number of methoxy groups -OCH3 is 1. The lowest BCUT2D eigenvalue weighted by Crippen LogP contribution is -2.15. The molecule has 0 aliphatic heterocycles. The molecule has 4 nitrogen and oxygen atoms in total. The Labute approximate surface area is 89.7 Å². The van der Waals surface area contributed by atoms with Crippen molar-refractivity contribution in [3.05, 3.63) is 24.3 Å². The maximum atomic E-state index is 11.5. The van der Waals surface area contributed by atoms with Crippen molar-refractivity contribution in [3.8, 4) is 0 Å². The maximum absolute atomic E-state index is 11.5. The zero-order valence-corrected chi connectivity index (χ0v) is 9.14. The lowest BCUT2D eigenvalue weighted by molar-refractivity contribution is -0.142. The Balaban J connectivity index is 2.76. The lowest BCUT2D eigenvalue weighted by atomic mass is 9.99. The van der Waals surface area contributed by atoms with Gasteiger partial charge in [0.25, 0.3) is 0 Å². The molecular formula is C11H16N2O2. The average Bonchev–Trinajstić information content (AvgIpc) is 2.30. The second kappa shape index (κ2) is 6.11. The molecule has 1 atom stereocenters. The molecule has 1 heterocycles. The largest absolute Gasteiger partial charge is 0.469 e. The van der Waals surface area contributed by atoms with Crippen LogP contribution in [0.2, 0.25) is 0 Å². The molecule has 0 spiro atoms. The molecule has 15 heavy (non-hydrogen) atoms. The highest BCUT2D eigenvalue weighted by Crippen LogP contribution is 2.20. The Morgan fingerprint density at radius 2 is 2.33 bits per heavy atom. The molecule has 4 heteroatoms. The zero-order chi connectivity index (χ0) is 11.1. The van der Waals surface area contributed by atoms with Crippen LogP contribution in [0.3, 0.4) is 0 Å². The van der Waals surface area contributed by atoms with Crippen molar-refractivity contribution in [2.75, 3.05) is 7.11 Å². The van der Waals surface area contributed by atoms with Gasteiger partial charge in [-0.15, -0.1) is 0 Å². The van der Waals surface area contributed by atoms with E-state index in [4.69, 9.17) is 4.74 Å². The highest BCUT2D eigenvalue weighted by atomic mass is 16.5. The van der Waals surface area contributed by atoms with Gasteiger partial charge in [-0.3, -0.25) is 14.8 Å². The van der Waals surface area contributed by atoms with Gasteiger partial charge >= 0.3 is 5.97 Å². The van der Waals surface area contributed by atoms with Crippen LogP contribution in [-0.2, 0) is 9.53 Å². The van der Waals surface area contributed by atoms with E-state index in [1.807, 2.05) is 0 Å². The van der Waals surface area contributed by atoms with Gasteiger partial charge in [-0.2, -0.15) is 0 Å². The Kier molecular flexibility index (Phi) is 4.74. The second-order valence-corrected chi connectivity index (χ2v) is 3.35. The molecular weight excluding hydrogens is 192 g/mol. The molecule has 0 amide bonds. The predicted molar refractivity (Wildman–Crippen MR) is 56.3 cm³/mol. The Morgan fingerprint density at radius 3 is 2.87 bits per heavy atom. The SMILES string of the molecule is CCCCC(C(=O)OC)c1cnccn1. The number of hydrogen-bond donors (Lipinski definition) is 0. The third kappa shape index (κ3) is 3.31. The summed E-state index contributed by atoms with van der Waals surface area (Å²) in [4.78, 5) is 19.6. The number of carbonyl (C=O) groups is 1. The fourth-order valence-electron chi connectivity index (χ4n) is 1.43. The van der Waals surface area contributed by atoms with E-state index >= 15 is 0 Å². The molecule has 0 saturated carbocycles. The van der Waals surface area contributed by atoms with Crippen LogP contribution in [0.5, 0.6) is 0 Å². The Hall–Kier alpha value is -1.45. The minimum absolute atomic E-state index is 0.232. The van der Waals surface area contributed by atoms with Crippen LogP contribution >= 0.6 is 0 Å². The quantitative estimate of drug-likeness (QED) is 0.694. The molecule has 0 fully saturated rings. The number of hydrogen-bond acceptors (Lipinski definition) is 4. The smallest absolute Gasteiger partial charge is 0.314 e. The second-order valence-electron chi connectivity index (χ2n) is 3.35. The summed E-state index contributed by atoms with van der Waals surface area (Å²) in [6.07, 6.45) is 7.61. The predicted octanol–water partition coefficient (Wildman–Crippen LogP) is 1.92. The van der Waals surface area contributed by atoms with Crippen LogP contribution < -0.4 is 0 Å². The van der Waals surface area contributed by atoms with Crippen molar-refractivity contribution in [3.63, 3.8) is 0 Å². The number of aromatic nitrogens is 2. The number of rotatable bonds is 5. The molecule has 82 valence electrons. The fourth-order valence-corrected chi connectivity index (χ4v) is 1.43. The van der Waals surface area contributed by atoms with Gasteiger partial charge in [-0.1, -0.05) is 19.8 Å². The molecule has 0 aliphatic rings. The van der Waals surface area contributed by atoms with E-state index in [0.29, 0.717) is 5.69 Å². The lowest BCUT2D eigenvalue weighted by Gasteiger charge is -2.12. The van der Waals surface area contributed by atoms with Gasteiger partial charge in [-0.25, -0.2) is 0 Å². The summed E-state index contributed by atoms with van der Waals surface area (Å²) in [6, 6.07) is 0. The number of carbonyl (C=O) groups excluding carboxylic acids is 1. The minimum Gasteiger partial charge on any atom is -0.469 e. The first-order valence-corrected chi connectivity index (χ1v) is 5.13. The third-order valence-electron chi connectivity index (χ3n) is 2.27. The highest BCUT2D eigenvalue weighted by Gasteiger charge is 2.21. The van der Waals surface area contributed by atoms with E-state index in [1.165, 1.54) is 7.11 Å². The van der Waals surface area contributed by atoms with E-state index in [9.17, 15) is 4.79 Å². The third-order valence-corrected chi connectivity index (χ3v) is 2.27. The standard InChI is InChI=1S/C11H16N2O2/c1-3-4-5-9(11(14)15-2)10-8-12-6-7-13-10/h6-9H,3-5H2,1-2H3. The summed E-state index contributed by atoms with van der Waals surface area (Å²) in [6.45, 7) is 2.09. The van der Waals surface area contributed by atoms with Crippen molar-refractivity contribution < 1.29 is 9.53 Å². The summed E-state index contributed by atoms with van der Waals surface area (Å²) in [5, 5.41) is 0. The fraction of sp³-hybridized carbons (Fsp3) is 0.545. The monoisotopic (exact) mass is 208 g/mol. The first-order chi connectivity index (χ1) is 7.29. The van der Waals surface area contributed by atoms with Crippen molar-refractivity contribution in [1.82, 2.24) is 9.97 Å². The molecule has 0 aliphatic carbocycles. The van der Waals surface area contributed by atoms with Crippen molar-refractivity contribution in [2.24, 2.45) is 0 Å². The molecule has 0 N–H and O–H groups in total. The summed E-state index contributed by atoms with van der Waals surface area (Å²) in [5.74, 6) is -0.507. The van der Waals surface area contributed by atoms with E-state index in [0.717, 1.165) is 19.3 Å². The molecule has 0 aromatic carbocycles. The molecule has 0 bridgehead atoms. The average molecular weight is 208 g/mol. The van der Waals surface area contributed by atoms with Crippen LogP contribution in [0.1, 0.15) is 37.8 Å². The highest BCUT2D eigenvalue weighted by molar-refractivity contribution is 5.77. The van der Waals surface area contributed by atoms with Crippen LogP contribution in [0.4, 0.5) is 0 Å². The van der Waals surface area contributed by atoms with Crippen LogP contribution in [0.25, 0.3) is 0 Å². The zero-order valence-electron chi connectivity index (χ0n) is 9.14. The summed E-state index contributed by atoms with van der Waals surface area (Å²) in [7, 11) is 1.40. The molecule has 1 aromatic heterocycles. The summed E-state index contributed by atoms with van der Waals surface area (Å²) < 4.78 is 4.76. The van der Waals surface area contributed by atoms with Crippen LogP contribution in [0, 0.1) is 0 Å². The van der Waals surface area contributed by atoms with Gasteiger partial charge in [0.05, 0.1) is 12.8 Å². The molecule has 0 saturated heterocycles. The maximum Gasteiger partial charge on any atom is 0.314 e. The van der Waals surface area contributed by atoms with Crippen LogP contribution in [-0.4, -0.2) is 23.0 Å². The van der Waals surface area contributed by atoms with E-state index in [2.05, 4.69) is 16.9 Å². The first-order valence-electron chi connectivity index (χ1n) is 5.13. The van der Waals surface area contributed by atoms with Gasteiger partial charge in [-0.05, 0) is 6.42 Å². The van der Waals surface area contributed by atoms with Gasteiger partial charge < -0.3 is 4.74 Å². The van der Waals surface area contributed by atoms with E-state index in [-0.39, 0.29) is 11.9 Å². The number of esters is 1. The number of unbranched alkanes of at least 4 members (excludes halogenated alkanes) is 1. The van der Waals surface area contributed by atoms with E-state index < -0.39 is 0 Å². The molecule has 1 rings (SSSR count). The minimum atomic E-state index is -0.274. The summed E-state index contributed by atoms with van der Waals surface area (Å²) >= 11 is 0. The molecule has 0 radical (unpaired) electrons. The van der Waals surface area contributed by atoms with Crippen molar-refractivity contribution >= 4 is 5.97 Å². The topological polar surface area (TPSA) is 52.1 Å². The Morgan fingerprint density at radius 1 is 1.53 bits per heavy atom. The molecule has 1 unspecified atom stereocenters. The molecule has 1 aromatic rings. The first kappa shape index (κ1) is 11.6.